The molecular formula is C11H15BrN4O. The predicted molar refractivity (Wildman–Crippen MR) is 68.3 cm³/mol. The third-order valence-electron chi connectivity index (χ3n) is 2.82. The van der Waals surface area contributed by atoms with Crippen molar-refractivity contribution in [3.63, 3.8) is 0 Å². The predicted octanol–water partition coefficient (Wildman–Crippen LogP) is 0.276. The number of pyridine rings is 1. The van der Waals surface area contributed by atoms with Gasteiger partial charge in [0.25, 0.3) is 0 Å². The maximum Gasteiger partial charge on any atom is 0.241 e. The maximum atomic E-state index is 11.6. The zero-order chi connectivity index (χ0) is 12.3. The van der Waals surface area contributed by atoms with Crippen molar-refractivity contribution in [3.8, 4) is 0 Å². The Morgan fingerprint density at radius 3 is 2.71 bits per heavy atom. The average molecular weight is 299 g/mol. The molecule has 1 amide bonds. The maximum absolute atomic E-state index is 11.6. The minimum Gasteiger partial charge on any atom is -0.368 e. The molecule has 0 aromatic carbocycles. The van der Waals surface area contributed by atoms with Gasteiger partial charge in [-0.25, -0.2) is 0 Å². The van der Waals surface area contributed by atoms with Gasteiger partial charge in [0.1, 0.15) is 6.04 Å². The molecule has 3 N–H and O–H groups in total. The lowest BCUT2D eigenvalue weighted by Crippen LogP contribution is -2.48. The standard InChI is InChI=1S/C11H15BrN4O/c12-8-1-2-9(15-7-8)10(11(13)17)16-5-3-14-4-6-16/h1-2,7,10,14H,3-6H2,(H2,13,17). The van der Waals surface area contributed by atoms with Crippen LogP contribution in [0.3, 0.4) is 0 Å². The van der Waals surface area contributed by atoms with Crippen LogP contribution in [0.2, 0.25) is 0 Å². The van der Waals surface area contributed by atoms with Crippen LogP contribution >= 0.6 is 15.9 Å². The Morgan fingerprint density at radius 1 is 1.47 bits per heavy atom. The first-order valence-electron chi connectivity index (χ1n) is 5.54. The number of aromatic nitrogens is 1. The molecule has 1 aliphatic heterocycles. The van der Waals surface area contributed by atoms with E-state index in [9.17, 15) is 4.79 Å². The topological polar surface area (TPSA) is 71.2 Å². The molecule has 1 aliphatic rings. The van der Waals surface area contributed by atoms with E-state index in [2.05, 4.69) is 31.1 Å². The summed E-state index contributed by atoms with van der Waals surface area (Å²) in [5.74, 6) is -0.346. The van der Waals surface area contributed by atoms with E-state index in [0.717, 1.165) is 30.7 Å². The molecule has 1 unspecified atom stereocenters. The largest absolute Gasteiger partial charge is 0.368 e. The number of piperazine rings is 1. The summed E-state index contributed by atoms with van der Waals surface area (Å²) in [4.78, 5) is 17.9. The summed E-state index contributed by atoms with van der Waals surface area (Å²) in [5.41, 5.74) is 6.20. The van der Waals surface area contributed by atoms with E-state index in [4.69, 9.17) is 5.73 Å². The molecular weight excluding hydrogens is 284 g/mol. The summed E-state index contributed by atoms with van der Waals surface area (Å²) in [6, 6.07) is 3.28. The number of rotatable bonds is 3. The normalized spacial score (nSPS) is 18.9. The molecule has 1 aromatic heterocycles. The smallest absolute Gasteiger partial charge is 0.241 e. The summed E-state index contributed by atoms with van der Waals surface area (Å²) < 4.78 is 0.893. The van der Waals surface area contributed by atoms with Gasteiger partial charge in [0.2, 0.25) is 5.91 Å². The highest BCUT2D eigenvalue weighted by atomic mass is 79.9. The Bertz CT molecular complexity index is 389. The molecule has 1 fully saturated rings. The number of hydrogen-bond acceptors (Lipinski definition) is 4. The SMILES string of the molecule is NC(=O)C(c1ccc(Br)cn1)N1CCNCC1. The van der Waals surface area contributed by atoms with Crippen LogP contribution in [0.1, 0.15) is 11.7 Å². The highest BCUT2D eigenvalue weighted by Crippen LogP contribution is 2.20. The molecule has 0 bridgehead atoms. The van der Waals surface area contributed by atoms with E-state index in [0.29, 0.717) is 5.69 Å². The van der Waals surface area contributed by atoms with Gasteiger partial charge in [-0.3, -0.25) is 14.7 Å². The molecule has 2 heterocycles. The van der Waals surface area contributed by atoms with Crippen molar-refractivity contribution >= 4 is 21.8 Å². The lowest BCUT2D eigenvalue weighted by molar-refractivity contribution is -0.123. The van der Waals surface area contributed by atoms with Crippen LogP contribution in [-0.2, 0) is 4.79 Å². The number of halogens is 1. The third-order valence-corrected chi connectivity index (χ3v) is 3.29. The van der Waals surface area contributed by atoms with E-state index >= 15 is 0 Å². The first kappa shape index (κ1) is 12.5. The molecule has 6 heteroatoms. The summed E-state index contributed by atoms with van der Waals surface area (Å²) in [5, 5.41) is 3.25. The molecule has 0 saturated carbocycles. The summed E-state index contributed by atoms with van der Waals surface area (Å²) in [7, 11) is 0. The summed E-state index contributed by atoms with van der Waals surface area (Å²) in [6.45, 7) is 3.37. The minimum atomic E-state index is -0.426. The molecule has 0 radical (unpaired) electrons. The van der Waals surface area contributed by atoms with Gasteiger partial charge in [0.15, 0.2) is 0 Å². The van der Waals surface area contributed by atoms with Crippen LogP contribution in [0.4, 0.5) is 0 Å². The Balaban J connectivity index is 2.21. The van der Waals surface area contributed by atoms with Crippen molar-refractivity contribution < 1.29 is 4.79 Å². The molecule has 5 nitrogen and oxygen atoms in total. The van der Waals surface area contributed by atoms with Crippen LogP contribution < -0.4 is 11.1 Å². The zero-order valence-electron chi connectivity index (χ0n) is 9.40. The second-order valence-corrected chi connectivity index (χ2v) is 4.91. The fourth-order valence-electron chi connectivity index (χ4n) is 2.00. The van der Waals surface area contributed by atoms with Gasteiger partial charge in [-0.15, -0.1) is 0 Å². The zero-order valence-corrected chi connectivity index (χ0v) is 11.0. The monoisotopic (exact) mass is 298 g/mol. The summed E-state index contributed by atoms with van der Waals surface area (Å²) >= 11 is 3.33. The molecule has 92 valence electrons. The molecule has 1 atom stereocenters. The van der Waals surface area contributed by atoms with E-state index < -0.39 is 6.04 Å². The number of nitrogens with two attached hydrogens (primary N) is 1. The first-order valence-corrected chi connectivity index (χ1v) is 6.33. The Labute approximate surface area is 109 Å². The van der Waals surface area contributed by atoms with E-state index in [-0.39, 0.29) is 5.91 Å². The Kier molecular flexibility index (Phi) is 4.09. The van der Waals surface area contributed by atoms with E-state index in [1.54, 1.807) is 6.20 Å². The number of nitrogens with zero attached hydrogens (tertiary/aromatic N) is 2. The molecule has 0 aliphatic carbocycles. The van der Waals surface area contributed by atoms with E-state index in [1.165, 1.54) is 0 Å². The van der Waals surface area contributed by atoms with Crippen LogP contribution in [0.25, 0.3) is 0 Å². The minimum absolute atomic E-state index is 0.346. The van der Waals surface area contributed by atoms with Crippen molar-refractivity contribution in [2.45, 2.75) is 6.04 Å². The van der Waals surface area contributed by atoms with Gasteiger partial charge < -0.3 is 11.1 Å². The molecule has 1 saturated heterocycles. The number of amides is 1. The van der Waals surface area contributed by atoms with Crippen LogP contribution in [0, 0.1) is 0 Å². The molecule has 17 heavy (non-hydrogen) atoms. The van der Waals surface area contributed by atoms with Gasteiger partial charge in [-0.05, 0) is 28.1 Å². The highest BCUT2D eigenvalue weighted by molar-refractivity contribution is 9.10. The van der Waals surface area contributed by atoms with Crippen LogP contribution in [0.5, 0.6) is 0 Å². The van der Waals surface area contributed by atoms with Crippen molar-refractivity contribution in [1.29, 1.82) is 0 Å². The highest BCUT2D eigenvalue weighted by Gasteiger charge is 2.27. The molecule has 2 rings (SSSR count). The van der Waals surface area contributed by atoms with Gasteiger partial charge in [0, 0.05) is 36.8 Å². The fourth-order valence-corrected chi connectivity index (χ4v) is 2.24. The number of primary amides is 1. The quantitative estimate of drug-likeness (QED) is 0.841. The molecule has 0 spiro atoms. The lowest BCUT2D eigenvalue weighted by atomic mass is 10.1. The number of carbonyl (C=O) groups excluding carboxylic acids is 1. The first-order chi connectivity index (χ1) is 8.18. The Hall–Kier alpha value is -0.980. The lowest BCUT2D eigenvalue weighted by Gasteiger charge is -2.32. The van der Waals surface area contributed by atoms with Gasteiger partial charge in [0.05, 0.1) is 5.69 Å². The van der Waals surface area contributed by atoms with Gasteiger partial charge >= 0.3 is 0 Å². The Morgan fingerprint density at radius 2 is 2.18 bits per heavy atom. The van der Waals surface area contributed by atoms with Gasteiger partial charge in [-0.1, -0.05) is 0 Å². The third kappa shape index (κ3) is 3.02. The van der Waals surface area contributed by atoms with Gasteiger partial charge in [-0.2, -0.15) is 0 Å². The van der Waals surface area contributed by atoms with Crippen molar-refractivity contribution in [2.24, 2.45) is 5.73 Å². The summed E-state index contributed by atoms with van der Waals surface area (Å²) in [6.07, 6.45) is 1.69. The van der Waals surface area contributed by atoms with Crippen LogP contribution in [0.15, 0.2) is 22.8 Å². The average Bonchev–Trinajstić information content (AvgIpc) is 2.33. The van der Waals surface area contributed by atoms with Crippen LogP contribution in [-0.4, -0.2) is 42.0 Å². The van der Waals surface area contributed by atoms with Crippen molar-refractivity contribution in [1.82, 2.24) is 15.2 Å². The van der Waals surface area contributed by atoms with Crippen molar-refractivity contribution in [2.75, 3.05) is 26.2 Å². The van der Waals surface area contributed by atoms with E-state index in [1.807, 2.05) is 12.1 Å². The second-order valence-electron chi connectivity index (χ2n) is 3.99. The van der Waals surface area contributed by atoms with Crippen molar-refractivity contribution in [3.05, 3.63) is 28.5 Å². The number of carbonyl (C=O) groups is 1. The number of hydrogen-bond donors (Lipinski definition) is 2. The fraction of sp³-hybridized carbons (Fsp3) is 0.455. The number of nitrogens with one attached hydrogen (secondary N) is 1. The molecule has 1 aromatic rings. The second kappa shape index (κ2) is 5.57.